The third-order valence-electron chi connectivity index (χ3n) is 6.32. The number of rotatable bonds is 17. The summed E-state index contributed by atoms with van der Waals surface area (Å²) in [6, 6.07) is -0.707. The van der Waals surface area contributed by atoms with Gasteiger partial charge in [-0.25, -0.2) is 0 Å². The summed E-state index contributed by atoms with van der Waals surface area (Å²) >= 11 is 0. The van der Waals surface area contributed by atoms with Gasteiger partial charge < -0.3 is 29.8 Å². The van der Waals surface area contributed by atoms with E-state index in [1.54, 1.807) is 6.92 Å². The third-order valence-corrected chi connectivity index (χ3v) is 7.95. The number of hydrogen-bond acceptors (Lipinski definition) is 14. The molecule has 2 aromatic rings. The Morgan fingerprint density at radius 1 is 1.33 bits per heavy atom. The fourth-order valence-corrected chi connectivity index (χ4v) is 5.53. The number of aromatic nitrogens is 5. The first kappa shape index (κ1) is 33.5. The summed E-state index contributed by atoms with van der Waals surface area (Å²) in [6.45, 7) is 9.99. The van der Waals surface area contributed by atoms with Crippen molar-refractivity contribution < 1.29 is 33.6 Å². The van der Waals surface area contributed by atoms with E-state index < -0.39 is 49.9 Å². The minimum absolute atomic E-state index is 0.0344. The predicted octanol–water partition coefficient (Wildman–Crippen LogP) is 1.19. The van der Waals surface area contributed by atoms with E-state index in [0.29, 0.717) is 13.2 Å². The number of carbonyl (C=O) groups is 2. The van der Waals surface area contributed by atoms with E-state index in [2.05, 4.69) is 37.0 Å². The lowest BCUT2D eigenvalue weighted by Gasteiger charge is -2.41. The number of nitrogen functional groups attached to an aromatic ring is 1. The van der Waals surface area contributed by atoms with Gasteiger partial charge in [0.15, 0.2) is 23.2 Å². The van der Waals surface area contributed by atoms with Crippen LogP contribution in [0.1, 0.15) is 65.5 Å². The molecule has 0 spiro atoms. The number of hydrogen-bond donors (Lipinski definition) is 5. The highest BCUT2D eigenvalue weighted by Crippen LogP contribution is 2.39. The molecule has 3 heterocycles. The van der Waals surface area contributed by atoms with Crippen molar-refractivity contribution in [3.63, 3.8) is 0 Å². The summed E-state index contributed by atoms with van der Waals surface area (Å²) < 4.78 is 24.2. The Bertz CT molecular complexity index is 1260. The number of carbonyl (C=O) groups excluding carboxylic acids is 2. The highest BCUT2D eigenvalue weighted by molar-refractivity contribution is 7.53. The Balaban J connectivity index is 1.74. The molecule has 5 atom stereocenters. The van der Waals surface area contributed by atoms with Crippen molar-refractivity contribution in [2.75, 3.05) is 31.8 Å². The molecule has 0 bridgehead atoms. The smallest absolute Gasteiger partial charge is 0.323 e. The van der Waals surface area contributed by atoms with E-state index in [4.69, 9.17) is 24.7 Å². The molecule has 6 N–H and O–H groups in total. The van der Waals surface area contributed by atoms with Crippen LogP contribution in [0.25, 0.3) is 11.2 Å². The van der Waals surface area contributed by atoms with Crippen LogP contribution in [0.4, 0.5) is 5.95 Å². The molecular formula is C25H41N8O8P. The molecule has 3 rings (SSSR count). The van der Waals surface area contributed by atoms with Gasteiger partial charge in [-0.15, -0.1) is 5.10 Å². The zero-order valence-corrected chi connectivity index (χ0v) is 25.1. The molecule has 2 aromatic heterocycles. The fourth-order valence-electron chi connectivity index (χ4n) is 4.03. The Morgan fingerprint density at radius 2 is 2.05 bits per heavy atom. The number of aromatic amines is 1. The average Bonchev–Trinajstić information content (AvgIpc) is 3.38. The van der Waals surface area contributed by atoms with Crippen molar-refractivity contribution in [2.24, 2.45) is 0 Å². The lowest BCUT2D eigenvalue weighted by Crippen LogP contribution is -2.46. The molecule has 0 saturated carbocycles. The minimum Gasteiger partial charge on any atom is -0.465 e. The summed E-state index contributed by atoms with van der Waals surface area (Å²) in [5.74, 6) is -2.51. The first-order valence-electron chi connectivity index (χ1n) is 13.9. The van der Waals surface area contributed by atoms with Crippen molar-refractivity contribution in [3.05, 3.63) is 23.0 Å². The van der Waals surface area contributed by atoms with Crippen LogP contribution in [0.5, 0.6) is 0 Å². The van der Waals surface area contributed by atoms with Crippen LogP contribution in [0.2, 0.25) is 0 Å². The second kappa shape index (κ2) is 16.0. The molecule has 0 amide bonds. The zero-order valence-electron chi connectivity index (χ0n) is 24.2. The van der Waals surface area contributed by atoms with Crippen LogP contribution in [0.15, 0.2) is 17.4 Å². The number of fused-ring (bicyclic) bond motifs is 1. The van der Waals surface area contributed by atoms with Crippen LogP contribution < -0.4 is 21.5 Å². The molecule has 1 aliphatic heterocycles. The Morgan fingerprint density at radius 3 is 2.74 bits per heavy atom. The summed E-state index contributed by atoms with van der Waals surface area (Å²) in [5.41, 5.74) is 5.18. The van der Waals surface area contributed by atoms with E-state index in [1.165, 1.54) is 10.8 Å². The van der Waals surface area contributed by atoms with Gasteiger partial charge in [0, 0.05) is 12.8 Å². The molecule has 16 nitrogen and oxygen atoms in total. The standard InChI is InChI=1S/C25H41N8O8P/c1-5-8-10-38-19(35)14-27-42(31-16(4)23(37)39-11-9-6-2)15-40-25(7-3)13-17(34)12-18(41-25)33-21-20(30-32-33)22(36)29-24(26)28-21/h7,16-18,27,31,34H,3,5-6,8-15H2,1-2,4H3,(H3,26,28,29,36)/t16-,17?,18?,25?,42?/m0/s1. The Kier molecular flexibility index (Phi) is 12.8. The van der Waals surface area contributed by atoms with Gasteiger partial charge in [-0.05, 0) is 25.8 Å². The molecule has 234 valence electrons. The highest BCUT2D eigenvalue weighted by Gasteiger charge is 2.42. The van der Waals surface area contributed by atoms with Gasteiger partial charge in [0.2, 0.25) is 5.95 Å². The maximum atomic E-state index is 12.5. The monoisotopic (exact) mass is 612 g/mol. The molecule has 1 saturated heterocycles. The van der Waals surface area contributed by atoms with Gasteiger partial charge in [-0.3, -0.25) is 29.5 Å². The molecule has 17 heteroatoms. The van der Waals surface area contributed by atoms with E-state index in [-0.39, 0.29) is 42.8 Å². The Hall–Kier alpha value is -3.01. The molecule has 0 aromatic carbocycles. The summed E-state index contributed by atoms with van der Waals surface area (Å²) in [4.78, 5) is 43.4. The molecule has 1 fully saturated rings. The molecule has 0 radical (unpaired) electrons. The van der Waals surface area contributed by atoms with Gasteiger partial charge in [0.1, 0.15) is 6.04 Å². The molecule has 1 aliphatic rings. The average molecular weight is 613 g/mol. The number of aliphatic hydroxyl groups excluding tert-OH is 1. The Labute approximate surface area is 244 Å². The largest absolute Gasteiger partial charge is 0.465 e. The van der Waals surface area contributed by atoms with Crippen molar-refractivity contribution in [2.45, 2.75) is 83.5 Å². The number of nitrogens with one attached hydrogen (secondary N) is 3. The second-order valence-electron chi connectivity index (χ2n) is 9.82. The minimum atomic E-state index is -1.52. The number of aliphatic hydroxyl groups is 1. The number of H-pyrrole nitrogens is 1. The van der Waals surface area contributed by atoms with Crippen LogP contribution in [-0.4, -0.2) is 86.0 Å². The fraction of sp³-hybridized carbons (Fsp3) is 0.680. The molecule has 4 unspecified atom stereocenters. The highest BCUT2D eigenvalue weighted by atomic mass is 31.1. The maximum absolute atomic E-state index is 12.5. The SMILES string of the molecule is C=CC1(OCP(NCC(=O)OCCCC)N[C@@H](C)C(=O)OCCCC)CC(O)CC(n2nnc3c(=O)[nH]c(N)nc32)O1. The summed E-state index contributed by atoms with van der Waals surface area (Å²) in [5, 5.41) is 24.8. The van der Waals surface area contributed by atoms with Crippen molar-refractivity contribution in [1.29, 1.82) is 0 Å². The van der Waals surface area contributed by atoms with Gasteiger partial charge in [-0.2, -0.15) is 9.67 Å². The summed E-state index contributed by atoms with van der Waals surface area (Å²) in [7, 11) is -1.52. The van der Waals surface area contributed by atoms with Crippen LogP contribution >= 0.6 is 8.22 Å². The normalized spacial score (nSPS) is 22.0. The number of nitrogens with zero attached hydrogens (tertiary/aromatic N) is 4. The number of nitrogens with two attached hydrogens (primary N) is 1. The topological polar surface area (TPSA) is 218 Å². The first-order valence-corrected chi connectivity index (χ1v) is 15.5. The van der Waals surface area contributed by atoms with Gasteiger partial charge in [0.05, 0.1) is 40.4 Å². The van der Waals surface area contributed by atoms with Crippen molar-refractivity contribution in [3.8, 4) is 0 Å². The lowest BCUT2D eigenvalue weighted by molar-refractivity contribution is -0.280. The van der Waals surface area contributed by atoms with Crippen molar-refractivity contribution in [1.82, 2.24) is 35.1 Å². The third kappa shape index (κ3) is 9.24. The summed E-state index contributed by atoms with van der Waals surface area (Å²) in [6.07, 6.45) is 2.92. The van der Waals surface area contributed by atoms with Crippen molar-refractivity contribution >= 4 is 37.3 Å². The molecular weight excluding hydrogens is 571 g/mol. The second-order valence-corrected chi connectivity index (χ2v) is 11.5. The van der Waals surface area contributed by atoms with Crippen LogP contribution in [-0.2, 0) is 28.5 Å². The van der Waals surface area contributed by atoms with E-state index in [0.717, 1.165) is 25.7 Å². The predicted molar refractivity (Wildman–Crippen MR) is 154 cm³/mol. The van der Waals surface area contributed by atoms with Gasteiger partial charge in [-0.1, -0.05) is 38.5 Å². The number of ether oxygens (including phenoxy) is 4. The van der Waals surface area contributed by atoms with Gasteiger partial charge in [0.25, 0.3) is 5.56 Å². The van der Waals surface area contributed by atoms with Gasteiger partial charge >= 0.3 is 11.9 Å². The first-order chi connectivity index (χ1) is 20.1. The van der Waals surface area contributed by atoms with Crippen LogP contribution in [0.3, 0.4) is 0 Å². The zero-order chi connectivity index (χ0) is 30.7. The van der Waals surface area contributed by atoms with Crippen LogP contribution in [0, 0.1) is 0 Å². The van der Waals surface area contributed by atoms with E-state index in [9.17, 15) is 19.5 Å². The maximum Gasteiger partial charge on any atom is 0.323 e. The number of anilines is 1. The molecule has 42 heavy (non-hydrogen) atoms. The van der Waals surface area contributed by atoms with E-state index >= 15 is 0 Å². The molecule has 0 aliphatic carbocycles. The quantitative estimate of drug-likeness (QED) is 0.0734. The van der Waals surface area contributed by atoms with E-state index in [1.807, 2.05) is 13.8 Å². The number of unbranched alkanes of at least 4 members (excludes halogenated alkanes) is 2. The lowest BCUT2D eigenvalue weighted by atomic mass is 10.0. The number of esters is 2.